The fraction of sp³-hybridized carbons (Fsp3) is 0.583. The molecule has 0 saturated carbocycles. The lowest BCUT2D eigenvalue weighted by molar-refractivity contribution is 0.252. The van der Waals surface area contributed by atoms with Gasteiger partial charge in [0, 0.05) is 19.3 Å². The zero-order valence-corrected chi connectivity index (χ0v) is 12.7. The second-order valence-electron chi connectivity index (χ2n) is 4.26. The lowest BCUT2D eigenvalue weighted by Crippen LogP contribution is -2.34. The van der Waals surface area contributed by atoms with Crippen LogP contribution in [-0.4, -0.2) is 42.5 Å². The highest BCUT2D eigenvalue weighted by atomic mass is 35.5. The van der Waals surface area contributed by atoms with Crippen LogP contribution in [0.1, 0.15) is 25.3 Å². The number of sulfonamides is 1. The number of aromatic nitrogens is 1. The average Bonchev–Trinajstić information content (AvgIpc) is 2.37. The number of aliphatic hydroxyl groups excluding tert-OH is 1. The number of unbranched alkanes of at least 4 members (excludes halogenated alkanes) is 1. The molecule has 1 N–H and O–H groups in total. The molecule has 0 aliphatic rings. The van der Waals surface area contributed by atoms with Gasteiger partial charge in [0.1, 0.15) is 10.0 Å². The topological polar surface area (TPSA) is 70.5 Å². The monoisotopic (exact) mass is 306 g/mol. The highest BCUT2D eigenvalue weighted by molar-refractivity contribution is 7.89. The van der Waals surface area contributed by atoms with Crippen LogP contribution in [0, 0.1) is 6.92 Å². The van der Waals surface area contributed by atoms with Gasteiger partial charge in [-0.05, 0) is 25.0 Å². The van der Waals surface area contributed by atoms with Crippen molar-refractivity contribution in [3.63, 3.8) is 0 Å². The summed E-state index contributed by atoms with van der Waals surface area (Å²) in [7, 11) is -3.62. The molecule has 0 saturated heterocycles. The summed E-state index contributed by atoms with van der Waals surface area (Å²) < 4.78 is 26.1. The molecule has 7 heteroatoms. The number of aryl methyl sites for hydroxylation is 1. The van der Waals surface area contributed by atoms with Crippen molar-refractivity contribution in [2.75, 3.05) is 19.7 Å². The minimum absolute atomic E-state index is 0.0873. The number of hydrogen-bond acceptors (Lipinski definition) is 4. The van der Waals surface area contributed by atoms with Gasteiger partial charge in [0.05, 0.1) is 6.61 Å². The van der Waals surface area contributed by atoms with Crippen molar-refractivity contribution in [2.24, 2.45) is 0 Å². The predicted octanol–water partition coefficient (Wildman–Crippen LogP) is 1.83. The molecule has 108 valence electrons. The minimum atomic E-state index is -3.62. The van der Waals surface area contributed by atoms with E-state index in [1.807, 2.05) is 6.92 Å². The maximum Gasteiger partial charge on any atom is 0.244 e. The van der Waals surface area contributed by atoms with Crippen molar-refractivity contribution in [1.29, 1.82) is 0 Å². The van der Waals surface area contributed by atoms with Gasteiger partial charge in [0.2, 0.25) is 10.0 Å². The van der Waals surface area contributed by atoms with Gasteiger partial charge in [-0.1, -0.05) is 24.9 Å². The van der Waals surface area contributed by atoms with Crippen LogP contribution in [0.2, 0.25) is 5.15 Å². The Hall–Kier alpha value is -0.690. The summed E-state index contributed by atoms with van der Waals surface area (Å²) in [6, 6.07) is 1.50. The summed E-state index contributed by atoms with van der Waals surface area (Å²) in [6.45, 7) is 3.96. The van der Waals surface area contributed by atoms with Crippen molar-refractivity contribution in [3.05, 3.63) is 23.0 Å². The summed E-state index contributed by atoms with van der Waals surface area (Å²) in [6.07, 6.45) is 2.88. The van der Waals surface area contributed by atoms with Crippen molar-refractivity contribution in [1.82, 2.24) is 9.29 Å². The largest absolute Gasteiger partial charge is 0.395 e. The Morgan fingerprint density at radius 2 is 2.11 bits per heavy atom. The molecular formula is C12H19ClN2O3S. The van der Waals surface area contributed by atoms with Gasteiger partial charge in [-0.15, -0.1) is 0 Å². The van der Waals surface area contributed by atoms with Gasteiger partial charge >= 0.3 is 0 Å². The first-order valence-electron chi connectivity index (χ1n) is 6.16. The van der Waals surface area contributed by atoms with E-state index in [9.17, 15) is 8.42 Å². The Labute approximate surface area is 119 Å². The van der Waals surface area contributed by atoms with E-state index in [1.165, 1.54) is 16.6 Å². The molecule has 0 aliphatic heterocycles. The lowest BCUT2D eigenvalue weighted by Gasteiger charge is -2.21. The van der Waals surface area contributed by atoms with Gasteiger partial charge in [-0.25, -0.2) is 13.4 Å². The molecule has 0 aromatic carbocycles. The molecule has 1 aromatic rings. The SMILES string of the molecule is CCCCN(CCO)S(=O)(=O)c1cnc(Cl)c(C)c1. The number of pyridine rings is 1. The normalized spacial score (nSPS) is 12.1. The average molecular weight is 307 g/mol. The van der Waals surface area contributed by atoms with Crippen LogP contribution in [0.25, 0.3) is 0 Å². The van der Waals surface area contributed by atoms with Crippen molar-refractivity contribution in [2.45, 2.75) is 31.6 Å². The zero-order chi connectivity index (χ0) is 14.5. The smallest absolute Gasteiger partial charge is 0.244 e. The molecule has 1 rings (SSSR count). The highest BCUT2D eigenvalue weighted by Crippen LogP contribution is 2.20. The van der Waals surface area contributed by atoms with Crippen LogP contribution in [0.15, 0.2) is 17.2 Å². The fourth-order valence-corrected chi connectivity index (χ4v) is 3.23. The van der Waals surface area contributed by atoms with Gasteiger partial charge in [0.15, 0.2) is 0 Å². The molecule has 0 fully saturated rings. The molecule has 0 atom stereocenters. The third-order valence-electron chi connectivity index (χ3n) is 2.74. The van der Waals surface area contributed by atoms with E-state index in [-0.39, 0.29) is 18.0 Å². The summed E-state index contributed by atoms with van der Waals surface area (Å²) in [5.74, 6) is 0. The van der Waals surface area contributed by atoms with Crippen molar-refractivity contribution in [3.8, 4) is 0 Å². The van der Waals surface area contributed by atoms with E-state index in [1.54, 1.807) is 6.92 Å². The van der Waals surface area contributed by atoms with Gasteiger partial charge in [-0.2, -0.15) is 4.31 Å². The van der Waals surface area contributed by atoms with Crippen LogP contribution in [0.4, 0.5) is 0 Å². The second kappa shape index (κ2) is 7.19. The van der Waals surface area contributed by atoms with Gasteiger partial charge in [0.25, 0.3) is 0 Å². The number of nitrogens with zero attached hydrogens (tertiary/aromatic N) is 2. The van der Waals surface area contributed by atoms with E-state index in [4.69, 9.17) is 16.7 Å². The molecule has 0 radical (unpaired) electrons. The Balaban J connectivity index is 3.07. The lowest BCUT2D eigenvalue weighted by atomic mass is 10.3. The number of aliphatic hydroxyl groups is 1. The summed E-state index contributed by atoms with van der Waals surface area (Å²) >= 11 is 5.80. The highest BCUT2D eigenvalue weighted by Gasteiger charge is 2.24. The molecule has 1 heterocycles. The Morgan fingerprint density at radius 1 is 1.42 bits per heavy atom. The minimum Gasteiger partial charge on any atom is -0.395 e. The maximum absolute atomic E-state index is 12.4. The van der Waals surface area contributed by atoms with E-state index in [0.29, 0.717) is 17.3 Å². The summed E-state index contributed by atoms with van der Waals surface area (Å²) in [5.41, 5.74) is 0.613. The molecule has 1 aromatic heterocycles. The molecule has 5 nitrogen and oxygen atoms in total. The van der Waals surface area contributed by atoms with Crippen LogP contribution < -0.4 is 0 Å². The first-order valence-corrected chi connectivity index (χ1v) is 7.98. The molecular weight excluding hydrogens is 288 g/mol. The Kier molecular flexibility index (Phi) is 6.19. The van der Waals surface area contributed by atoms with Crippen molar-refractivity contribution < 1.29 is 13.5 Å². The molecule has 19 heavy (non-hydrogen) atoms. The molecule has 0 aliphatic carbocycles. The van der Waals surface area contributed by atoms with Crippen LogP contribution in [0.3, 0.4) is 0 Å². The molecule has 0 unspecified atom stereocenters. The maximum atomic E-state index is 12.4. The van der Waals surface area contributed by atoms with E-state index in [2.05, 4.69) is 4.98 Å². The van der Waals surface area contributed by atoms with Gasteiger partial charge in [-0.3, -0.25) is 0 Å². The standard InChI is InChI=1S/C12H19ClN2O3S/c1-3-4-5-15(6-7-16)19(17,18)11-8-10(2)12(13)14-9-11/h8-9,16H,3-7H2,1-2H3. The Bertz CT molecular complexity index is 520. The third-order valence-corrected chi connectivity index (χ3v) is 5.00. The molecule has 0 amide bonds. The number of hydrogen-bond donors (Lipinski definition) is 1. The first kappa shape index (κ1) is 16.4. The second-order valence-corrected chi connectivity index (χ2v) is 6.56. The van der Waals surface area contributed by atoms with Crippen LogP contribution >= 0.6 is 11.6 Å². The Morgan fingerprint density at radius 3 is 2.63 bits per heavy atom. The predicted molar refractivity (Wildman–Crippen MR) is 74.7 cm³/mol. The van der Waals surface area contributed by atoms with Gasteiger partial charge < -0.3 is 5.11 Å². The number of rotatable bonds is 7. The summed E-state index contributed by atoms with van der Waals surface area (Å²) in [4.78, 5) is 3.97. The van der Waals surface area contributed by atoms with E-state index < -0.39 is 10.0 Å². The molecule has 0 spiro atoms. The zero-order valence-electron chi connectivity index (χ0n) is 11.1. The van der Waals surface area contributed by atoms with Crippen LogP contribution in [-0.2, 0) is 10.0 Å². The van der Waals surface area contributed by atoms with Crippen molar-refractivity contribution >= 4 is 21.6 Å². The number of halogens is 1. The van der Waals surface area contributed by atoms with E-state index in [0.717, 1.165) is 12.8 Å². The third kappa shape index (κ3) is 4.14. The first-order chi connectivity index (χ1) is 8.93. The quantitative estimate of drug-likeness (QED) is 0.780. The summed E-state index contributed by atoms with van der Waals surface area (Å²) in [5, 5.41) is 9.29. The fourth-order valence-electron chi connectivity index (χ4n) is 1.62. The van der Waals surface area contributed by atoms with E-state index >= 15 is 0 Å². The van der Waals surface area contributed by atoms with Crippen LogP contribution in [0.5, 0.6) is 0 Å². The molecule has 0 bridgehead atoms.